The van der Waals surface area contributed by atoms with E-state index in [2.05, 4.69) is 13.0 Å². The maximum absolute atomic E-state index is 10.8. The molecule has 24 heavy (non-hydrogen) atoms. The fraction of sp³-hybridized carbons (Fsp3) is 0.800. The van der Waals surface area contributed by atoms with E-state index < -0.39 is 22.4 Å². The highest BCUT2D eigenvalue weighted by Crippen LogP contribution is 2.44. The highest BCUT2D eigenvalue weighted by Gasteiger charge is 2.52. The van der Waals surface area contributed by atoms with Crippen molar-refractivity contribution in [1.82, 2.24) is 0 Å². The van der Waals surface area contributed by atoms with E-state index in [1.807, 2.05) is 13.0 Å². The van der Waals surface area contributed by atoms with Gasteiger partial charge in [0.15, 0.2) is 0 Å². The van der Waals surface area contributed by atoms with E-state index in [0.29, 0.717) is 19.3 Å². The lowest BCUT2D eigenvalue weighted by Gasteiger charge is -2.52. The summed E-state index contributed by atoms with van der Waals surface area (Å²) in [5, 5.41) is 32.2. The smallest absolute Gasteiger partial charge is 0.115 e. The number of allylic oxidation sites excluding steroid dienone is 2. The molecule has 1 fully saturated rings. The molecule has 4 unspecified atom stereocenters. The third-order valence-corrected chi connectivity index (χ3v) is 5.74. The summed E-state index contributed by atoms with van der Waals surface area (Å²) in [7, 11) is 0. The van der Waals surface area contributed by atoms with Crippen LogP contribution >= 0.6 is 0 Å². The summed E-state index contributed by atoms with van der Waals surface area (Å²) >= 11 is 0. The van der Waals surface area contributed by atoms with Gasteiger partial charge in [0.05, 0.1) is 22.9 Å². The molecular formula is C20H34O4. The van der Waals surface area contributed by atoms with Crippen LogP contribution in [0.3, 0.4) is 0 Å². The van der Waals surface area contributed by atoms with Gasteiger partial charge in [0.25, 0.3) is 0 Å². The minimum atomic E-state index is -1.11. The minimum absolute atomic E-state index is 0.352. The number of aliphatic hydroxyl groups is 3. The Labute approximate surface area is 146 Å². The summed E-state index contributed by atoms with van der Waals surface area (Å²) in [6.45, 7) is 9.15. The maximum atomic E-state index is 10.8. The molecule has 2 bridgehead atoms. The summed E-state index contributed by atoms with van der Waals surface area (Å²) < 4.78 is 6.34. The van der Waals surface area contributed by atoms with Crippen LogP contribution in [-0.2, 0) is 4.74 Å². The molecule has 2 aliphatic heterocycles. The van der Waals surface area contributed by atoms with Gasteiger partial charge in [-0.15, -0.1) is 0 Å². The first kappa shape index (κ1) is 19.6. The summed E-state index contributed by atoms with van der Waals surface area (Å²) in [5.41, 5.74) is -2.62. The van der Waals surface area contributed by atoms with Gasteiger partial charge in [-0.1, -0.05) is 23.8 Å². The molecular weight excluding hydrogens is 304 g/mol. The second-order valence-corrected chi connectivity index (χ2v) is 8.73. The van der Waals surface area contributed by atoms with E-state index in [9.17, 15) is 15.3 Å². The van der Waals surface area contributed by atoms with Crippen molar-refractivity contribution in [3.05, 3.63) is 23.8 Å². The van der Waals surface area contributed by atoms with Crippen LogP contribution in [0.2, 0.25) is 0 Å². The SMILES string of the molecule is CC1=CCCC(C)(O)C=CC2(C(C)(C)O)CCC(C)(O)C(CC1)O2. The van der Waals surface area contributed by atoms with Gasteiger partial charge in [-0.2, -0.15) is 0 Å². The largest absolute Gasteiger partial charge is 0.387 e. The summed E-state index contributed by atoms with van der Waals surface area (Å²) in [6.07, 6.45) is 9.45. The molecule has 0 aromatic carbocycles. The van der Waals surface area contributed by atoms with Gasteiger partial charge in [0.1, 0.15) is 5.60 Å². The van der Waals surface area contributed by atoms with E-state index in [4.69, 9.17) is 4.74 Å². The standard InChI is InChI=1S/C20H34O4/c1-15-7-6-10-18(4,22)11-13-20(17(2,3)21)14-12-19(5,23)16(24-20)9-8-15/h7,11,13,16,21-23H,6,8-10,12,14H2,1-5H3. The van der Waals surface area contributed by atoms with Crippen LogP contribution < -0.4 is 0 Å². The molecule has 2 heterocycles. The molecule has 0 amide bonds. The Hall–Kier alpha value is -0.680. The van der Waals surface area contributed by atoms with Crippen molar-refractivity contribution in [3.8, 4) is 0 Å². The molecule has 2 aliphatic rings. The van der Waals surface area contributed by atoms with Crippen LogP contribution in [0, 0.1) is 0 Å². The van der Waals surface area contributed by atoms with Crippen molar-refractivity contribution < 1.29 is 20.1 Å². The Kier molecular flexibility index (Phi) is 5.37. The maximum Gasteiger partial charge on any atom is 0.115 e. The molecule has 0 saturated carbocycles. The first-order chi connectivity index (χ1) is 10.9. The highest BCUT2D eigenvalue weighted by atomic mass is 16.5. The quantitative estimate of drug-likeness (QED) is 0.642. The average Bonchev–Trinajstić information content (AvgIpc) is 2.42. The fourth-order valence-electron chi connectivity index (χ4n) is 3.66. The number of rotatable bonds is 1. The van der Waals surface area contributed by atoms with Crippen molar-refractivity contribution in [2.75, 3.05) is 0 Å². The predicted molar refractivity (Wildman–Crippen MR) is 95.7 cm³/mol. The van der Waals surface area contributed by atoms with Gasteiger partial charge in [-0.25, -0.2) is 0 Å². The number of hydrogen-bond donors (Lipinski definition) is 3. The molecule has 0 aliphatic carbocycles. The van der Waals surface area contributed by atoms with Crippen LogP contribution in [0.4, 0.5) is 0 Å². The molecule has 0 aromatic heterocycles. The average molecular weight is 338 g/mol. The van der Waals surface area contributed by atoms with Crippen LogP contribution in [0.5, 0.6) is 0 Å². The van der Waals surface area contributed by atoms with Crippen molar-refractivity contribution in [1.29, 1.82) is 0 Å². The van der Waals surface area contributed by atoms with Crippen LogP contribution in [-0.4, -0.2) is 43.8 Å². The minimum Gasteiger partial charge on any atom is -0.387 e. The molecule has 138 valence electrons. The van der Waals surface area contributed by atoms with E-state index in [1.165, 1.54) is 5.57 Å². The van der Waals surface area contributed by atoms with Crippen molar-refractivity contribution in [3.63, 3.8) is 0 Å². The molecule has 0 aromatic rings. The topological polar surface area (TPSA) is 69.9 Å². The molecule has 4 atom stereocenters. The first-order valence-electron chi connectivity index (χ1n) is 9.08. The van der Waals surface area contributed by atoms with Crippen molar-refractivity contribution >= 4 is 0 Å². The summed E-state index contributed by atoms with van der Waals surface area (Å²) in [6, 6.07) is 0. The Morgan fingerprint density at radius 2 is 1.79 bits per heavy atom. The Morgan fingerprint density at radius 3 is 2.42 bits per heavy atom. The van der Waals surface area contributed by atoms with Gasteiger partial charge >= 0.3 is 0 Å². The van der Waals surface area contributed by atoms with E-state index in [-0.39, 0.29) is 6.10 Å². The predicted octanol–water partition coefficient (Wildman–Crippen LogP) is 3.25. The Balaban J connectivity index is 2.44. The van der Waals surface area contributed by atoms with Gasteiger partial charge < -0.3 is 20.1 Å². The molecule has 0 radical (unpaired) electrons. The molecule has 3 N–H and O–H groups in total. The lowest BCUT2D eigenvalue weighted by molar-refractivity contribution is -0.246. The van der Waals surface area contributed by atoms with E-state index in [0.717, 1.165) is 19.3 Å². The second-order valence-electron chi connectivity index (χ2n) is 8.73. The molecule has 4 heteroatoms. The Bertz CT molecular complexity index is 510. The third-order valence-electron chi connectivity index (χ3n) is 5.74. The molecule has 4 nitrogen and oxygen atoms in total. The van der Waals surface area contributed by atoms with E-state index in [1.54, 1.807) is 26.8 Å². The number of fused-ring (bicyclic) bond motifs is 2. The normalized spacial score (nSPS) is 42.0. The lowest BCUT2D eigenvalue weighted by atomic mass is 9.73. The highest BCUT2D eigenvalue weighted by molar-refractivity contribution is 5.18. The summed E-state index contributed by atoms with van der Waals surface area (Å²) in [5.74, 6) is 0. The summed E-state index contributed by atoms with van der Waals surface area (Å²) in [4.78, 5) is 0. The van der Waals surface area contributed by atoms with Gasteiger partial charge in [-0.05, 0) is 73.1 Å². The van der Waals surface area contributed by atoms with Gasteiger partial charge in [0, 0.05) is 0 Å². The van der Waals surface area contributed by atoms with Gasteiger partial charge in [0.2, 0.25) is 0 Å². The van der Waals surface area contributed by atoms with Crippen LogP contribution in [0.1, 0.15) is 73.1 Å². The first-order valence-corrected chi connectivity index (χ1v) is 9.08. The fourth-order valence-corrected chi connectivity index (χ4v) is 3.66. The zero-order valence-electron chi connectivity index (χ0n) is 15.8. The number of hydrogen-bond acceptors (Lipinski definition) is 4. The van der Waals surface area contributed by atoms with Crippen LogP contribution in [0.15, 0.2) is 23.8 Å². The lowest BCUT2D eigenvalue weighted by Crippen LogP contribution is -2.61. The van der Waals surface area contributed by atoms with Crippen LogP contribution in [0.25, 0.3) is 0 Å². The van der Waals surface area contributed by atoms with Crippen molar-refractivity contribution in [2.24, 2.45) is 0 Å². The van der Waals surface area contributed by atoms with Crippen molar-refractivity contribution in [2.45, 2.75) is 102 Å². The molecule has 2 rings (SSSR count). The molecule has 0 spiro atoms. The third kappa shape index (κ3) is 4.29. The number of ether oxygens (including phenoxy) is 1. The monoisotopic (exact) mass is 338 g/mol. The Morgan fingerprint density at radius 1 is 1.12 bits per heavy atom. The molecule has 1 saturated heterocycles. The zero-order chi connectivity index (χ0) is 18.2. The van der Waals surface area contributed by atoms with Gasteiger partial charge in [-0.3, -0.25) is 0 Å². The van der Waals surface area contributed by atoms with E-state index >= 15 is 0 Å². The second kappa shape index (κ2) is 6.56. The zero-order valence-corrected chi connectivity index (χ0v) is 15.8.